The first-order chi connectivity index (χ1) is 13.6. The van der Waals surface area contributed by atoms with Crippen molar-refractivity contribution in [1.82, 2.24) is 15.5 Å². The number of ether oxygens (including phenoxy) is 1. The van der Waals surface area contributed by atoms with Crippen LogP contribution in [-0.2, 0) is 5.75 Å². The molecule has 1 N–H and O–H groups in total. The van der Waals surface area contributed by atoms with Gasteiger partial charge in [-0.25, -0.2) is 4.98 Å². The van der Waals surface area contributed by atoms with Crippen LogP contribution in [0.1, 0.15) is 46.8 Å². The van der Waals surface area contributed by atoms with Crippen molar-refractivity contribution in [2.75, 3.05) is 7.11 Å². The second-order valence-electron chi connectivity index (χ2n) is 6.28. The fraction of sp³-hybridized carbons (Fsp3) is 0.286. The van der Waals surface area contributed by atoms with E-state index >= 15 is 0 Å². The van der Waals surface area contributed by atoms with Crippen LogP contribution in [0.25, 0.3) is 0 Å². The van der Waals surface area contributed by atoms with Gasteiger partial charge in [0.2, 0.25) is 0 Å². The number of amides is 1. The van der Waals surface area contributed by atoms with E-state index in [9.17, 15) is 4.79 Å². The Hall–Kier alpha value is -2.80. The smallest absolute Gasteiger partial charge is 0.254 e. The lowest BCUT2D eigenvalue weighted by atomic mass is 10.0. The fourth-order valence-corrected chi connectivity index (χ4v) is 3.67. The van der Waals surface area contributed by atoms with Crippen LogP contribution < -0.4 is 10.1 Å². The molecule has 1 amide bonds. The van der Waals surface area contributed by atoms with E-state index in [1.54, 1.807) is 25.4 Å². The van der Waals surface area contributed by atoms with Crippen molar-refractivity contribution in [2.24, 2.45) is 0 Å². The minimum Gasteiger partial charge on any atom is -0.497 e. The van der Waals surface area contributed by atoms with Crippen molar-refractivity contribution in [3.63, 3.8) is 0 Å². The molecule has 7 heteroatoms. The Kier molecular flexibility index (Phi) is 6.71. The predicted octanol–water partition coefficient (Wildman–Crippen LogP) is 4.56. The molecule has 2 heterocycles. The highest BCUT2D eigenvalue weighted by Crippen LogP contribution is 2.26. The number of hydrogen-bond donors (Lipinski definition) is 1. The van der Waals surface area contributed by atoms with Crippen LogP contribution in [0.15, 0.2) is 58.2 Å². The molecule has 0 aliphatic rings. The first-order valence-electron chi connectivity index (χ1n) is 9.05. The topological polar surface area (TPSA) is 77.3 Å². The Morgan fingerprint density at radius 3 is 2.71 bits per heavy atom. The molecule has 2 aromatic heterocycles. The average molecular weight is 398 g/mol. The molecule has 0 saturated heterocycles. The summed E-state index contributed by atoms with van der Waals surface area (Å²) >= 11 is 1.47. The maximum atomic E-state index is 12.9. The number of benzene rings is 1. The summed E-state index contributed by atoms with van der Waals surface area (Å²) in [5.74, 6) is 2.00. The van der Waals surface area contributed by atoms with Crippen molar-refractivity contribution in [3.05, 3.63) is 71.2 Å². The second kappa shape index (κ2) is 9.41. The van der Waals surface area contributed by atoms with Crippen LogP contribution in [-0.4, -0.2) is 23.2 Å². The predicted molar refractivity (Wildman–Crippen MR) is 109 cm³/mol. The average Bonchev–Trinajstić information content (AvgIpc) is 3.15. The summed E-state index contributed by atoms with van der Waals surface area (Å²) in [5, 5.41) is 7.77. The molecule has 0 spiro atoms. The van der Waals surface area contributed by atoms with Crippen LogP contribution in [0.2, 0.25) is 0 Å². The molecule has 6 nitrogen and oxygen atoms in total. The van der Waals surface area contributed by atoms with Gasteiger partial charge in [0.15, 0.2) is 0 Å². The summed E-state index contributed by atoms with van der Waals surface area (Å²) in [5.41, 5.74) is 2.41. The molecule has 0 aliphatic heterocycles. The van der Waals surface area contributed by atoms with E-state index in [0.29, 0.717) is 16.3 Å². The van der Waals surface area contributed by atoms with Gasteiger partial charge in [-0.05, 0) is 43.2 Å². The highest BCUT2D eigenvalue weighted by molar-refractivity contribution is 7.98. The Morgan fingerprint density at radius 1 is 1.29 bits per heavy atom. The zero-order valence-corrected chi connectivity index (χ0v) is 17.0. The molecule has 0 bridgehead atoms. The molecule has 0 radical (unpaired) electrons. The molecule has 1 unspecified atom stereocenters. The van der Waals surface area contributed by atoms with Crippen LogP contribution in [0.3, 0.4) is 0 Å². The monoisotopic (exact) mass is 397 g/mol. The number of carbonyl (C=O) groups excluding carboxylic acids is 1. The third kappa shape index (κ3) is 4.92. The molecule has 146 valence electrons. The second-order valence-corrected chi connectivity index (χ2v) is 7.25. The third-order valence-corrected chi connectivity index (χ3v) is 5.32. The number of aromatic nitrogens is 2. The van der Waals surface area contributed by atoms with E-state index in [2.05, 4.69) is 15.5 Å². The molecule has 0 saturated carbocycles. The number of nitrogens with zero attached hydrogens (tertiary/aromatic N) is 2. The molecule has 3 aromatic rings. The molecule has 28 heavy (non-hydrogen) atoms. The van der Waals surface area contributed by atoms with Gasteiger partial charge >= 0.3 is 0 Å². The van der Waals surface area contributed by atoms with Crippen LogP contribution in [0.5, 0.6) is 5.75 Å². The molecule has 1 atom stereocenters. The number of rotatable bonds is 8. The first-order valence-corrected chi connectivity index (χ1v) is 10.0. The zero-order chi connectivity index (χ0) is 19.9. The van der Waals surface area contributed by atoms with Crippen LogP contribution in [0, 0.1) is 6.92 Å². The highest BCUT2D eigenvalue weighted by atomic mass is 32.2. The van der Waals surface area contributed by atoms with E-state index in [-0.39, 0.29) is 11.9 Å². The lowest BCUT2D eigenvalue weighted by Gasteiger charge is -2.18. The highest BCUT2D eigenvalue weighted by Gasteiger charge is 2.18. The Balaban J connectivity index is 1.71. The lowest BCUT2D eigenvalue weighted by Crippen LogP contribution is -2.28. The number of nitrogens with one attached hydrogen (secondary N) is 1. The first kappa shape index (κ1) is 19.9. The molecule has 3 rings (SSSR count). The minimum absolute atomic E-state index is 0.0883. The summed E-state index contributed by atoms with van der Waals surface area (Å²) in [7, 11) is 1.63. The van der Waals surface area contributed by atoms with Gasteiger partial charge in [-0.15, -0.1) is 0 Å². The summed E-state index contributed by atoms with van der Waals surface area (Å²) < 4.78 is 10.3. The van der Waals surface area contributed by atoms with Gasteiger partial charge in [0.25, 0.3) is 5.91 Å². The van der Waals surface area contributed by atoms with E-state index < -0.39 is 0 Å². The van der Waals surface area contributed by atoms with Gasteiger partial charge in [0.1, 0.15) is 16.5 Å². The summed E-state index contributed by atoms with van der Waals surface area (Å²) in [4.78, 5) is 17.3. The summed E-state index contributed by atoms with van der Waals surface area (Å²) in [6.07, 6.45) is 2.47. The SMILES string of the molecule is CCC(NC(=O)c1cccnc1SCc1cc(C)on1)c1ccc(OC)cc1. The van der Waals surface area contributed by atoms with E-state index in [0.717, 1.165) is 29.2 Å². The lowest BCUT2D eigenvalue weighted by molar-refractivity contribution is 0.0932. The number of methoxy groups -OCH3 is 1. The minimum atomic E-state index is -0.144. The van der Waals surface area contributed by atoms with E-state index in [1.165, 1.54) is 11.8 Å². The standard InChI is InChI=1S/C21H23N3O3S/c1-4-19(15-7-9-17(26-3)10-8-15)23-20(25)18-6-5-11-22-21(18)28-13-16-12-14(2)27-24-16/h5-12,19H,4,13H2,1-3H3,(H,23,25). The van der Waals surface area contributed by atoms with Gasteiger partial charge in [0.05, 0.1) is 24.4 Å². The molecule has 0 fully saturated rings. The molecular weight excluding hydrogens is 374 g/mol. The summed E-state index contributed by atoms with van der Waals surface area (Å²) in [6.45, 7) is 3.89. The van der Waals surface area contributed by atoms with Gasteiger partial charge in [-0.1, -0.05) is 36.0 Å². The Bertz CT molecular complexity index is 925. The maximum Gasteiger partial charge on any atom is 0.254 e. The third-order valence-electron chi connectivity index (χ3n) is 4.28. The van der Waals surface area contributed by atoms with Gasteiger partial charge < -0.3 is 14.6 Å². The van der Waals surface area contributed by atoms with Crippen molar-refractivity contribution >= 4 is 17.7 Å². The number of pyridine rings is 1. The van der Waals surface area contributed by atoms with Crippen molar-refractivity contribution in [2.45, 2.75) is 37.1 Å². The van der Waals surface area contributed by atoms with E-state index in [1.807, 2.05) is 44.2 Å². The Morgan fingerprint density at radius 2 is 2.07 bits per heavy atom. The number of aryl methyl sites for hydroxylation is 1. The summed E-state index contributed by atoms with van der Waals surface area (Å²) in [6, 6.07) is 13.1. The largest absolute Gasteiger partial charge is 0.497 e. The quantitative estimate of drug-likeness (QED) is 0.562. The molecule has 1 aromatic carbocycles. The molecular formula is C21H23N3O3S. The zero-order valence-electron chi connectivity index (χ0n) is 16.1. The van der Waals surface area contributed by atoms with Crippen molar-refractivity contribution in [3.8, 4) is 5.75 Å². The Labute approximate surface area is 168 Å². The van der Waals surface area contributed by atoms with Gasteiger partial charge in [-0.2, -0.15) is 0 Å². The van der Waals surface area contributed by atoms with Crippen molar-refractivity contribution < 1.29 is 14.1 Å². The van der Waals surface area contributed by atoms with E-state index in [4.69, 9.17) is 9.26 Å². The number of hydrogen-bond acceptors (Lipinski definition) is 6. The van der Waals surface area contributed by atoms with Gasteiger partial charge in [-0.3, -0.25) is 4.79 Å². The van der Waals surface area contributed by atoms with Crippen LogP contribution >= 0.6 is 11.8 Å². The number of thioether (sulfide) groups is 1. The fourth-order valence-electron chi connectivity index (χ4n) is 2.80. The maximum absolute atomic E-state index is 12.9. The van der Waals surface area contributed by atoms with Gasteiger partial charge in [0, 0.05) is 18.0 Å². The van der Waals surface area contributed by atoms with Crippen molar-refractivity contribution in [1.29, 1.82) is 0 Å². The van der Waals surface area contributed by atoms with Crippen LogP contribution in [0.4, 0.5) is 0 Å². The normalized spacial score (nSPS) is 11.8. The number of carbonyl (C=O) groups is 1. The molecule has 0 aliphatic carbocycles.